The first kappa shape index (κ1) is 17.8. The van der Waals surface area contributed by atoms with Crippen LogP contribution in [0.4, 0.5) is 10.5 Å². The lowest BCUT2D eigenvalue weighted by atomic mass is 9.94. The maximum Gasteiger partial charge on any atom is 0.322 e. The number of fused-ring (bicyclic) bond motifs is 3. The van der Waals surface area contributed by atoms with E-state index in [1.165, 1.54) is 27.6 Å². The first-order valence-corrected chi connectivity index (χ1v) is 10.6. The Hall–Kier alpha value is -3.99. The number of carbonyl (C=O) groups excluding carboxylic acids is 1. The van der Waals surface area contributed by atoms with Gasteiger partial charge in [0.05, 0.1) is 5.69 Å². The standard InChI is InChI=1S/C26H22N4O/c31-26(29-25-15-28-23-4-2-1-3-22(23)25)30-12-10-20-13-18(7-8-21(20)16-30)19-6-5-17-9-11-27-24(17)14-19/h1-9,11,13-15,27-28H,10,12,16H2,(H,29,31). The van der Waals surface area contributed by atoms with Crippen molar-refractivity contribution in [1.82, 2.24) is 14.9 Å². The quantitative estimate of drug-likeness (QED) is 0.335. The molecule has 5 nitrogen and oxygen atoms in total. The van der Waals surface area contributed by atoms with E-state index in [4.69, 9.17) is 0 Å². The zero-order chi connectivity index (χ0) is 20.8. The highest BCUT2D eigenvalue weighted by Crippen LogP contribution is 2.29. The van der Waals surface area contributed by atoms with Crippen molar-refractivity contribution in [2.75, 3.05) is 11.9 Å². The van der Waals surface area contributed by atoms with Gasteiger partial charge in [-0.1, -0.05) is 48.5 Å². The molecule has 2 amide bonds. The number of hydrogen-bond acceptors (Lipinski definition) is 1. The number of nitrogens with one attached hydrogen (secondary N) is 3. The Morgan fingerprint density at radius 3 is 2.71 bits per heavy atom. The molecule has 0 spiro atoms. The highest BCUT2D eigenvalue weighted by atomic mass is 16.2. The summed E-state index contributed by atoms with van der Waals surface area (Å²) in [4.78, 5) is 21.3. The second kappa shape index (κ2) is 7.06. The predicted molar refractivity (Wildman–Crippen MR) is 125 cm³/mol. The molecule has 5 aromatic rings. The van der Waals surface area contributed by atoms with Crippen molar-refractivity contribution in [2.24, 2.45) is 0 Å². The number of carbonyl (C=O) groups is 1. The van der Waals surface area contributed by atoms with Gasteiger partial charge in [-0.3, -0.25) is 0 Å². The second-order valence-corrected chi connectivity index (χ2v) is 8.11. The minimum absolute atomic E-state index is 0.0586. The molecule has 0 fully saturated rings. The molecule has 6 rings (SSSR count). The van der Waals surface area contributed by atoms with Crippen LogP contribution in [0, 0.1) is 0 Å². The van der Waals surface area contributed by atoms with E-state index in [9.17, 15) is 4.79 Å². The average molecular weight is 406 g/mol. The molecular weight excluding hydrogens is 384 g/mol. The monoisotopic (exact) mass is 406 g/mol. The fraction of sp³-hybridized carbons (Fsp3) is 0.115. The molecule has 0 radical (unpaired) electrons. The number of aromatic nitrogens is 2. The Morgan fingerprint density at radius 1 is 0.871 bits per heavy atom. The number of urea groups is 1. The van der Waals surface area contributed by atoms with Crippen molar-refractivity contribution >= 4 is 33.5 Å². The highest BCUT2D eigenvalue weighted by molar-refractivity contribution is 6.01. The molecule has 0 saturated carbocycles. The van der Waals surface area contributed by atoms with Crippen molar-refractivity contribution < 1.29 is 4.79 Å². The SMILES string of the molecule is O=C(Nc1c[nH]c2ccccc12)N1CCc2cc(-c3ccc4cc[nH]c4c3)ccc2C1. The fourth-order valence-corrected chi connectivity index (χ4v) is 4.50. The van der Waals surface area contributed by atoms with E-state index < -0.39 is 0 Å². The molecule has 0 aliphatic carbocycles. The summed E-state index contributed by atoms with van der Waals surface area (Å²) in [6.07, 6.45) is 4.68. The van der Waals surface area contributed by atoms with Gasteiger partial charge in [-0.15, -0.1) is 0 Å². The maximum atomic E-state index is 12.9. The van der Waals surface area contributed by atoms with Crippen molar-refractivity contribution in [3.05, 3.63) is 90.3 Å². The van der Waals surface area contributed by atoms with E-state index in [2.05, 4.69) is 57.7 Å². The minimum Gasteiger partial charge on any atom is -0.361 e. The number of nitrogens with zero attached hydrogens (tertiary/aromatic N) is 1. The fourth-order valence-electron chi connectivity index (χ4n) is 4.50. The molecule has 3 aromatic carbocycles. The summed E-state index contributed by atoms with van der Waals surface area (Å²) in [5.74, 6) is 0. The number of amides is 2. The van der Waals surface area contributed by atoms with Gasteiger partial charge in [-0.25, -0.2) is 4.79 Å². The smallest absolute Gasteiger partial charge is 0.322 e. The summed E-state index contributed by atoms with van der Waals surface area (Å²) in [7, 11) is 0. The van der Waals surface area contributed by atoms with Gasteiger partial charge in [-0.05, 0) is 52.3 Å². The number of rotatable bonds is 2. The van der Waals surface area contributed by atoms with Gasteiger partial charge in [0.1, 0.15) is 0 Å². The lowest BCUT2D eigenvalue weighted by Crippen LogP contribution is -2.38. The summed E-state index contributed by atoms with van der Waals surface area (Å²) in [5, 5.41) is 5.32. The first-order valence-electron chi connectivity index (χ1n) is 10.6. The maximum absolute atomic E-state index is 12.9. The summed E-state index contributed by atoms with van der Waals surface area (Å²) >= 11 is 0. The van der Waals surface area contributed by atoms with Crippen LogP contribution in [-0.4, -0.2) is 27.4 Å². The normalized spacial score (nSPS) is 13.5. The average Bonchev–Trinajstić information content (AvgIpc) is 3.45. The third-order valence-corrected chi connectivity index (χ3v) is 6.22. The van der Waals surface area contributed by atoms with E-state index >= 15 is 0 Å². The van der Waals surface area contributed by atoms with Gasteiger partial charge < -0.3 is 20.2 Å². The molecule has 1 aliphatic rings. The third-order valence-electron chi connectivity index (χ3n) is 6.22. The van der Waals surface area contributed by atoms with Crippen LogP contribution in [0.2, 0.25) is 0 Å². The van der Waals surface area contributed by atoms with Crippen molar-refractivity contribution in [1.29, 1.82) is 0 Å². The molecule has 152 valence electrons. The molecule has 31 heavy (non-hydrogen) atoms. The van der Waals surface area contributed by atoms with Crippen molar-refractivity contribution in [3.8, 4) is 11.1 Å². The van der Waals surface area contributed by atoms with Crippen molar-refractivity contribution in [2.45, 2.75) is 13.0 Å². The van der Waals surface area contributed by atoms with Crippen LogP contribution in [0.3, 0.4) is 0 Å². The Labute approximate surface area is 179 Å². The van der Waals surface area contributed by atoms with E-state index in [-0.39, 0.29) is 6.03 Å². The zero-order valence-electron chi connectivity index (χ0n) is 17.0. The largest absolute Gasteiger partial charge is 0.361 e. The van der Waals surface area contributed by atoms with Crippen LogP contribution in [-0.2, 0) is 13.0 Å². The number of benzene rings is 3. The lowest BCUT2D eigenvalue weighted by Gasteiger charge is -2.29. The van der Waals surface area contributed by atoms with Gasteiger partial charge >= 0.3 is 6.03 Å². The number of aromatic amines is 2. The zero-order valence-corrected chi connectivity index (χ0v) is 17.0. The van der Waals surface area contributed by atoms with Crippen LogP contribution in [0.5, 0.6) is 0 Å². The minimum atomic E-state index is -0.0586. The molecule has 0 atom stereocenters. The van der Waals surface area contributed by atoms with Gasteiger partial charge in [0.15, 0.2) is 0 Å². The highest BCUT2D eigenvalue weighted by Gasteiger charge is 2.22. The second-order valence-electron chi connectivity index (χ2n) is 8.11. The molecule has 0 unspecified atom stereocenters. The lowest BCUT2D eigenvalue weighted by molar-refractivity contribution is 0.206. The number of hydrogen-bond donors (Lipinski definition) is 3. The summed E-state index contributed by atoms with van der Waals surface area (Å²) in [6.45, 7) is 1.33. The molecule has 0 bridgehead atoms. The Kier molecular flexibility index (Phi) is 4.06. The van der Waals surface area contributed by atoms with Gasteiger partial charge in [0.2, 0.25) is 0 Å². The van der Waals surface area contributed by atoms with Gasteiger partial charge in [0.25, 0.3) is 0 Å². The number of anilines is 1. The molecule has 1 aliphatic heterocycles. The van der Waals surface area contributed by atoms with Crippen LogP contribution < -0.4 is 5.32 Å². The van der Waals surface area contributed by atoms with Gasteiger partial charge in [-0.2, -0.15) is 0 Å². The predicted octanol–water partition coefficient (Wildman–Crippen LogP) is 5.91. The molecule has 3 N–H and O–H groups in total. The van der Waals surface area contributed by atoms with Crippen molar-refractivity contribution in [3.63, 3.8) is 0 Å². The van der Waals surface area contributed by atoms with Crippen LogP contribution >= 0.6 is 0 Å². The van der Waals surface area contributed by atoms with E-state index in [1.54, 1.807) is 0 Å². The number of H-pyrrole nitrogens is 2. The molecule has 3 heterocycles. The summed E-state index contributed by atoms with van der Waals surface area (Å²) in [5.41, 5.74) is 7.94. The van der Waals surface area contributed by atoms with E-state index in [0.717, 1.165) is 28.5 Å². The summed E-state index contributed by atoms with van der Waals surface area (Å²) in [6, 6.07) is 23.1. The Morgan fingerprint density at radius 2 is 1.74 bits per heavy atom. The first-order chi connectivity index (χ1) is 15.2. The van der Waals surface area contributed by atoms with Crippen LogP contribution in [0.15, 0.2) is 79.1 Å². The third kappa shape index (κ3) is 3.15. The van der Waals surface area contributed by atoms with E-state index in [0.29, 0.717) is 13.1 Å². The molecule has 2 aromatic heterocycles. The number of para-hydroxylation sites is 1. The topological polar surface area (TPSA) is 63.9 Å². The Bertz CT molecular complexity index is 1430. The van der Waals surface area contributed by atoms with Gasteiger partial charge in [0, 0.05) is 41.9 Å². The molecule has 0 saturated heterocycles. The summed E-state index contributed by atoms with van der Waals surface area (Å²) < 4.78 is 0. The van der Waals surface area contributed by atoms with E-state index in [1.807, 2.05) is 41.6 Å². The molecule has 5 heteroatoms. The van der Waals surface area contributed by atoms with Crippen LogP contribution in [0.25, 0.3) is 32.9 Å². The van der Waals surface area contributed by atoms with Crippen LogP contribution in [0.1, 0.15) is 11.1 Å². The molecular formula is C26H22N4O. The Balaban J connectivity index is 1.21.